The number of rotatable bonds is 7. The lowest BCUT2D eigenvalue weighted by Gasteiger charge is -2.16. The van der Waals surface area contributed by atoms with Gasteiger partial charge < -0.3 is 18.9 Å². The van der Waals surface area contributed by atoms with Gasteiger partial charge in [0.1, 0.15) is 0 Å². The number of methoxy groups -OCH3 is 2. The zero-order valence-corrected chi connectivity index (χ0v) is 16.0. The molecule has 0 bridgehead atoms. The van der Waals surface area contributed by atoms with Crippen LogP contribution in [0.4, 0.5) is 4.79 Å². The Morgan fingerprint density at radius 3 is 2.35 bits per heavy atom. The Labute approximate surface area is 156 Å². The van der Waals surface area contributed by atoms with Crippen LogP contribution in [0.15, 0.2) is 12.1 Å². The molecule has 0 saturated heterocycles. The summed E-state index contributed by atoms with van der Waals surface area (Å²) in [5.41, 5.74) is 0.0708. The molecule has 0 saturated carbocycles. The van der Waals surface area contributed by atoms with Crippen LogP contribution >= 0.6 is 11.6 Å². The van der Waals surface area contributed by atoms with Gasteiger partial charge in [-0.2, -0.15) is 0 Å². The minimum atomic E-state index is -1.22. The summed E-state index contributed by atoms with van der Waals surface area (Å²) in [6, 6.07) is 2.75. The first kappa shape index (κ1) is 21.6. The largest absolute Gasteiger partial charge is 0.493 e. The first-order valence-corrected chi connectivity index (χ1v) is 8.17. The Morgan fingerprint density at radius 2 is 1.81 bits per heavy atom. The summed E-state index contributed by atoms with van der Waals surface area (Å²) in [5.74, 6) is -0.782. The highest BCUT2D eigenvalue weighted by Crippen LogP contribution is 2.37. The van der Waals surface area contributed by atoms with E-state index >= 15 is 0 Å². The van der Waals surface area contributed by atoms with Crippen molar-refractivity contribution >= 4 is 29.6 Å². The zero-order valence-electron chi connectivity index (χ0n) is 15.3. The van der Waals surface area contributed by atoms with Gasteiger partial charge in [-0.25, -0.2) is 9.59 Å². The predicted octanol–water partition coefficient (Wildman–Crippen LogP) is 2.81. The Morgan fingerprint density at radius 1 is 1.15 bits per heavy atom. The normalized spacial score (nSPS) is 11.5. The zero-order chi connectivity index (χ0) is 19.9. The van der Waals surface area contributed by atoms with Crippen molar-refractivity contribution in [3.05, 3.63) is 22.7 Å². The van der Waals surface area contributed by atoms with Crippen LogP contribution in [0.1, 0.15) is 31.1 Å². The minimum absolute atomic E-state index is 0.0708. The number of esters is 1. The standard InChI is InChI=1S/C17H22ClNO7/c1-9(2)8-25-14-12(18)6-11(7-13(14)23-4)16(21)26-10(3)15(20)19-17(22)24-5/h6-7,9-10H,8H2,1-5H3,(H,19,20,22)/t10-/m1/s1. The minimum Gasteiger partial charge on any atom is -0.493 e. The van der Waals surface area contributed by atoms with Gasteiger partial charge in [0.15, 0.2) is 17.6 Å². The molecule has 1 aromatic carbocycles. The van der Waals surface area contributed by atoms with Crippen LogP contribution in [0.5, 0.6) is 11.5 Å². The summed E-state index contributed by atoms with van der Waals surface area (Å²) >= 11 is 6.17. The number of ether oxygens (including phenoxy) is 4. The van der Waals surface area contributed by atoms with Crippen LogP contribution in [0.3, 0.4) is 0 Å². The van der Waals surface area contributed by atoms with E-state index in [4.69, 9.17) is 25.8 Å². The van der Waals surface area contributed by atoms with Crippen molar-refractivity contribution in [2.75, 3.05) is 20.8 Å². The van der Waals surface area contributed by atoms with E-state index in [0.29, 0.717) is 12.4 Å². The molecule has 0 radical (unpaired) electrons. The van der Waals surface area contributed by atoms with Crippen LogP contribution in [0.25, 0.3) is 0 Å². The van der Waals surface area contributed by atoms with E-state index < -0.39 is 24.1 Å². The molecule has 0 fully saturated rings. The van der Waals surface area contributed by atoms with Gasteiger partial charge in [0.05, 0.1) is 31.4 Å². The molecule has 144 valence electrons. The van der Waals surface area contributed by atoms with Crippen LogP contribution in [0.2, 0.25) is 5.02 Å². The fraction of sp³-hybridized carbons (Fsp3) is 0.471. The van der Waals surface area contributed by atoms with E-state index in [1.165, 1.54) is 26.2 Å². The smallest absolute Gasteiger partial charge is 0.413 e. The van der Waals surface area contributed by atoms with E-state index in [0.717, 1.165) is 7.11 Å². The number of benzene rings is 1. The molecule has 0 unspecified atom stereocenters. The third-order valence-electron chi connectivity index (χ3n) is 3.09. The van der Waals surface area contributed by atoms with E-state index in [1.54, 1.807) is 0 Å². The molecule has 0 spiro atoms. The third kappa shape index (κ3) is 6.11. The second-order valence-electron chi connectivity index (χ2n) is 5.72. The van der Waals surface area contributed by atoms with Gasteiger partial charge in [-0.15, -0.1) is 0 Å². The topological polar surface area (TPSA) is 100 Å². The van der Waals surface area contributed by atoms with Crippen LogP contribution in [-0.2, 0) is 14.3 Å². The van der Waals surface area contributed by atoms with Crippen molar-refractivity contribution < 1.29 is 33.3 Å². The van der Waals surface area contributed by atoms with Gasteiger partial charge in [-0.1, -0.05) is 25.4 Å². The van der Waals surface area contributed by atoms with Crippen molar-refractivity contribution in [1.29, 1.82) is 0 Å². The number of carbonyl (C=O) groups is 3. The summed E-state index contributed by atoms with van der Waals surface area (Å²) in [6.07, 6.45) is -2.17. The summed E-state index contributed by atoms with van der Waals surface area (Å²) in [5, 5.41) is 2.08. The number of nitrogens with one attached hydrogen (secondary N) is 1. The number of halogens is 1. The highest BCUT2D eigenvalue weighted by Gasteiger charge is 2.23. The number of hydrogen-bond donors (Lipinski definition) is 1. The molecule has 1 rings (SSSR count). The van der Waals surface area contributed by atoms with Gasteiger partial charge in [0.2, 0.25) is 0 Å². The maximum atomic E-state index is 12.2. The van der Waals surface area contributed by atoms with Gasteiger partial charge in [-0.05, 0) is 25.0 Å². The number of alkyl carbamates (subject to hydrolysis) is 1. The average molecular weight is 388 g/mol. The average Bonchev–Trinajstić information content (AvgIpc) is 2.59. The molecule has 2 amide bonds. The van der Waals surface area contributed by atoms with Crippen molar-refractivity contribution in [3.63, 3.8) is 0 Å². The fourth-order valence-corrected chi connectivity index (χ4v) is 2.03. The Balaban J connectivity index is 2.91. The predicted molar refractivity (Wildman–Crippen MR) is 93.8 cm³/mol. The lowest BCUT2D eigenvalue weighted by Crippen LogP contribution is -2.39. The Kier molecular flexibility index (Phi) is 8.18. The first-order chi connectivity index (χ1) is 12.2. The van der Waals surface area contributed by atoms with Crippen LogP contribution in [-0.4, -0.2) is 44.9 Å². The molecular formula is C17H22ClNO7. The molecule has 1 atom stereocenters. The van der Waals surface area contributed by atoms with Gasteiger partial charge in [-0.3, -0.25) is 10.1 Å². The molecular weight excluding hydrogens is 366 g/mol. The Hall–Kier alpha value is -2.48. The summed E-state index contributed by atoms with van der Waals surface area (Å²) < 4.78 is 20.1. The van der Waals surface area contributed by atoms with E-state index in [-0.39, 0.29) is 22.3 Å². The SMILES string of the molecule is COC(=O)NC(=O)[C@@H](C)OC(=O)c1cc(Cl)c(OCC(C)C)c(OC)c1. The highest BCUT2D eigenvalue weighted by atomic mass is 35.5. The first-order valence-electron chi connectivity index (χ1n) is 7.79. The van der Waals surface area contributed by atoms with Crippen molar-refractivity contribution in [3.8, 4) is 11.5 Å². The van der Waals surface area contributed by atoms with Crippen LogP contribution in [0, 0.1) is 5.92 Å². The molecule has 0 aliphatic heterocycles. The maximum Gasteiger partial charge on any atom is 0.413 e. The van der Waals surface area contributed by atoms with Crippen LogP contribution < -0.4 is 14.8 Å². The molecule has 9 heteroatoms. The second kappa shape index (κ2) is 9.86. The van der Waals surface area contributed by atoms with Gasteiger partial charge >= 0.3 is 12.1 Å². The monoisotopic (exact) mass is 387 g/mol. The highest BCUT2D eigenvalue weighted by molar-refractivity contribution is 6.32. The van der Waals surface area contributed by atoms with Crippen molar-refractivity contribution in [1.82, 2.24) is 5.32 Å². The molecule has 1 aromatic rings. The number of amides is 2. The molecule has 8 nitrogen and oxygen atoms in total. The summed E-state index contributed by atoms with van der Waals surface area (Å²) in [4.78, 5) is 35.0. The molecule has 0 aromatic heterocycles. The summed E-state index contributed by atoms with van der Waals surface area (Å²) in [6.45, 7) is 5.69. The number of carbonyl (C=O) groups excluding carboxylic acids is 3. The van der Waals surface area contributed by atoms with Gasteiger partial charge in [0.25, 0.3) is 5.91 Å². The third-order valence-corrected chi connectivity index (χ3v) is 3.37. The number of hydrogen-bond acceptors (Lipinski definition) is 7. The quantitative estimate of drug-likeness (QED) is 0.718. The van der Waals surface area contributed by atoms with E-state index in [9.17, 15) is 14.4 Å². The van der Waals surface area contributed by atoms with Crippen molar-refractivity contribution in [2.45, 2.75) is 26.9 Å². The number of imide groups is 1. The maximum absolute atomic E-state index is 12.2. The lowest BCUT2D eigenvalue weighted by molar-refractivity contribution is -0.128. The lowest BCUT2D eigenvalue weighted by atomic mass is 10.2. The van der Waals surface area contributed by atoms with E-state index in [1.807, 2.05) is 19.2 Å². The van der Waals surface area contributed by atoms with Crippen molar-refractivity contribution in [2.24, 2.45) is 5.92 Å². The molecule has 0 aliphatic rings. The fourth-order valence-electron chi connectivity index (χ4n) is 1.76. The second-order valence-corrected chi connectivity index (χ2v) is 6.13. The van der Waals surface area contributed by atoms with E-state index in [2.05, 4.69) is 4.74 Å². The summed E-state index contributed by atoms with van der Waals surface area (Å²) in [7, 11) is 2.52. The molecule has 0 heterocycles. The molecule has 26 heavy (non-hydrogen) atoms. The molecule has 1 N–H and O–H groups in total. The van der Waals surface area contributed by atoms with Gasteiger partial charge in [0, 0.05) is 0 Å². The molecule has 0 aliphatic carbocycles. The Bertz CT molecular complexity index is 675.